The molecule has 3 aromatic rings. The Hall–Kier alpha value is -3.51. The third-order valence-electron chi connectivity index (χ3n) is 5.78. The molecule has 1 unspecified atom stereocenters. The van der Waals surface area contributed by atoms with E-state index in [4.69, 9.17) is 16.0 Å². The van der Waals surface area contributed by atoms with Crippen LogP contribution in [0.15, 0.2) is 82.6 Å². The fourth-order valence-corrected chi connectivity index (χ4v) is 4.63. The summed E-state index contributed by atoms with van der Waals surface area (Å²) in [7, 11) is 0. The number of hydrogen-bond acceptors (Lipinski definition) is 5. The zero-order valence-electron chi connectivity index (χ0n) is 17.3. The number of amides is 1. The highest BCUT2D eigenvalue weighted by molar-refractivity contribution is 6.30. The highest BCUT2D eigenvalue weighted by Gasteiger charge is 2.38. The number of rotatable bonds is 4. The summed E-state index contributed by atoms with van der Waals surface area (Å²) in [5.74, 6) is 0.487. The summed E-state index contributed by atoms with van der Waals surface area (Å²) >= 11 is 6.07. The van der Waals surface area contributed by atoms with Gasteiger partial charge in [0.15, 0.2) is 5.78 Å². The number of halogens is 1. The van der Waals surface area contributed by atoms with Gasteiger partial charge >= 0.3 is 0 Å². The van der Waals surface area contributed by atoms with Crippen LogP contribution < -0.4 is 15.5 Å². The van der Waals surface area contributed by atoms with Gasteiger partial charge in [-0.25, -0.2) is 0 Å². The molecule has 0 bridgehead atoms. The van der Waals surface area contributed by atoms with Crippen molar-refractivity contribution < 1.29 is 14.0 Å². The number of carbonyl (C=O) groups is 2. The van der Waals surface area contributed by atoms with E-state index in [1.54, 1.807) is 36.6 Å². The summed E-state index contributed by atoms with van der Waals surface area (Å²) in [5, 5.41) is 6.93. The molecule has 162 valence electrons. The van der Waals surface area contributed by atoms with E-state index < -0.39 is 6.04 Å². The average molecular weight is 448 g/mol. The minimum atomic E-state index is -0.505. The summed E-state index contributed by atoms with van der Waals surface area (Å²) in [5.41, 5.74) is 3.87. The van der Waals surface area contributed by atoms with Crippen LogP contribution in [0.5, 0.6) is 0 Å². The van der Waals surface area contributed by atoms with Crippen LogP contribution in [-0.4, -0.2) is 18.2 Å². The molecular weight excluding hydrogens is 426 g/mol. The zero-order valence-corrected chi connectivity index (χ0v) is 18.1. The molecule has 1 aliphatic carbocycles. The number of ketones is 1. The molecule has 2 aromatic carbocycles. The first-order valence-electron chi connectivity index (χ1n) is 10.6. The average Bonchev–Trinajstić information content (AvgIpc) is 3.25. The maximum Gasteiger partial charge on any atom is 0.243 e. The van der Waals surface area contributed by atoms with E-state index in [-0.39, 0.29) is 18.2 Å². The summed E-state index contributed by atoms with van der Waals surface area (Å²) < 4.78 is 5.78. The Morgan fingerprint density at radius 1 is 1.12 bits per heavy atom. The van der Waals surface area contributed by atoms with Crippen molar-refractivity contribution in [1.82, 2.24) is 0 Å². The number of benzene rings is 2. The molecule has 0 saturated heterocycles. The van der Waals surface area contributed by atoms with Crippen molar-refractivity contribution in [1.29, 1.82) is 0 Å². The molecule has 2 N–H and O–H groups in total. The van der Waals surface area contributed by atoms with E-state index in [1.165, 1.54) is 0 Å². The molecule has 2 aliphatic rings. The van der Waals surface area contributed by atoms with Gasteiger partial charge in [-0.2, -0.15) is 0 Å². The molecule has 6 nitrogen and oxygen atoms in total. The van der Waals surface area contributed by atoms with Crippen LogP contribution in [0.2, 0.25) is 5.02 Å². The van der Waals surface area contributed by atoms with Crippen LogP contribution in [0.3, 0.4) is 0 Å². The molecule has 0 fully saturated rings. The van der Waals surface area contributed by atoms with E-state index in [0.29, 0.717) is 28.5 Å². The number of nitrogens with one attached hydrogen (secondary N) is 2. The molecule has 2 heterocycles. The minimum Gasteiger partial charge on any atom is -0.467 e. The van der Waals surface area contributed by atoms with Crippen molar-refractivity contribution in [3.8, 4) is 0 Å². The quantitative estimate of drug-likeness (QED) is 0.548. The van der Waals surface area contributed by atoms with Crippen molar-refractivity contribution >= 4 is 40.4 Å². The Labute approximate surface area is 190 Å². The highest BCUT2D eigenvalue weighted by atomic mass is 35.5. The van der Waals surface area contributed by atoms with Gasteiger partial charge in [0.25, 0.3) is 0 Å². The fraction of sp³-hybridized carbons (Fsp3) is 0.200. The SMILES string of the molecule is O=C(CN1c2ccccc2NC2=C(C(=O)CCC2)C1c1ccco1)Nc1cccc(Cl)c1. The Morgan fingerprint density at radius 2 is 2.00 bits per heavy atom. The smallest absolute Gasteiger partial charge is 0.243 e. The van der Waals surface area contributed by atoms with Crippen LogP contribution in [0, 0.1) is 0 Å². The third-order valence-corrected chi connectivity index (χ3v) is 6.01. The summed E-state index contributed by atoms with van der Waals surface area (Å²) in [6.45, 7) is 0.0284. The van der Waals surface area contributed by atoms with Crippen LogP contribution >= 0.6 is 11.6 Å². The lowest BCUT2D eigenvalue weighted by Crippen LogP contribution is -2.38. The third kappa shape index (κ3) is 3.89. The van der Waals surface area contributed by atoms with Gasteiger partial charge < -0.3 is 20.0 Å². The molecule has 0 radical (unpaired) electrons. The van der Waals surface area contributed by atoms with Gasteiger partial charge in [0.2, 0.25) is 5.91 Å². The molecule has 1 aliphatic heterocycles. The van der Waals surface area contributed by atoms with Gasteiger partial charge in [-0.05, 0) is 55.3 Å². The summed E-state index contributed by atoms with van der Waals surface area (Å²) in [6.07, 6.45) is 3.65. The number of allylic oxidation sites excluding steroid dienone is 1. The monoisotopic (exact) mass is 447 g/mol. The predicted octanol–water partition coefficient (Wildman–Crippen LogP) is 5.55. The Bertz CT molecular complexity index is 1200. The van der Waals surface area contributed by atoms with Crippen LogP contribution in [0.25, 0.3) is 0 Å². The van der Waals surface area contributed by atoms with Crippen molar-refractivity contribution in [2.24, 2.45) is 0 Å². The molecule has 32 heavy (non-hydrogen) atoms. The normalized spacial score (nSPS) is 17.8. The van der Waals surface area contributed by atoms with E-state index in [9.17, 15) is 9.59 Å². The number of anilines is 3. The largest absolute Gasteiger partial charge is 0.467 e. The molecule has 7 heteroatoms. The molecule has 1 aromatic heterocycles. The van der Waals surface area contributed by atoms with Gasteiger partial charge in [-0.3, -0.25) is 9.59 Å². The van der Waals surface area contributed by atoms with Gasteiger partial charge in [-0.1, -0.05) is 29.8 Å². The maximum absolute atomic E-state index is 13.1. The second-order valence-electron chi connectivity index (χ2n) is 7.92. The number of nitrogens with zero attached hydrogens (tertiary/aromatic N) is 1. The lowest BCUT2D eigenvalue weighted by molar-refractivity contribution is -0.117. The van der Waals surface area contributed by atoms with E-state index in [0.717, 1.165) is 29.9 Å². The topological polar surface area (TPSA) is 74.6 Å². The number of fused-ring (bicyclic) bond motifs is 1. The Kier molecular flexibility index (Phi) is 5.45. The van der Waals surface area contributed by atoms with Crippen molar-refractivity contribution in [2.75, 3.05) is 22.1 Å². The zero-order chi connectivity index (χ0) is 22.1. The molecule has 1 amide bonds. The molecule has 0 saturated carbocycles. The fourth-order valence-electron chi connectivity index (χ4n) is 4.44. The van der Waals surface area contributed by atoms with Crippen LogP contribution in [0.1, 0.15) is 31.1 Å². The van der Waals surface area contributed by atoms with E-state index in [1.807, 2.05) is 35.2 Å². The first-order valence-corrected chi connectivity index (χ1v) is 11.0. The standard InChI is InChI=1S/C25H22ClN3O3/c26-16-6-3-7-17(14-16)27-23(31)15-29-20-10-2-1-8-18(20)28-19-9-4-11-21(30)24(19)25(29)22-12-5-13-32-22/h1-3,5-8,10,12-14,25,28H,4,9,11,15H2,(H,27,31). The number of para-hydroxylation sites is 2. The van der Waals surface area contributed by atoms with Gasteiger partial charge in [0.1, 0.15) is 11.8 Å². The highest BCUT2D eigenvalue weighted by Crippen LogP contribution is 2.44. The molecular formula is C25H22ClN3O3. The summed E-state index contributed by atoms with van der Waals surface area (Å²) in [6, 6.07) is 18.0. The predicted molar refractivity (Wildman–Crippen MR) is 125 cm³/mol. The number of Topliss-reactive ketones (excluding diaryl/α,β-unsaturated/α-hetero) is 1. The van der Waals surface area contributed by atoms with Gasteiger partial charge in [0.05, 0.1) is 24.2 Å². The molecule has 5 rings (SSSR count). The lowest BCUT2D eigenvalue weighted by atomic mass is 9.88. The maximum atomic E-state index is 13.1. The number of hydrogen-bond donors (Lipinski definition) is 2. The van der Waals surface area contributed by atoms with Gasteiger partial charge in [0, 0.05) is 28.4 Å². The van der Waals surface area contributed by atoms with E-state index in [2.05, 4.69) is 10.6 Å². The van der Waals surface area contributed by atoms with Crippen LogP contribution in [0.4, 0.5) is 17.1 Å². The Balaban J connectivity index is 1.58. The minimum absolute atomic E-state index is 0.0284. The second kappa shape index (κ2) is 8.55. The van der Waals surface area contributed by atoms with E-state index >= 15 is 0 Å². The summed E-state index contributed by atoms with van der Waals surface area (Å²) in [4.78, 5) is 28.2. The first-order chi connectivity index (χ1) is 15.6. The second-order valence-corrected chi connectivity index (χ2v) is 8.35. The molecule has 0 spiro atoms. The first kappa shape index (κ1) is 20.4. The molecule has 1 atom stereocenters. The van der Waals surface area contributed by atoms with Gasteiger partial charge in [-0.15, -0.1) is 0 Å². The number of carbonyl (C=O) groups excluding carboxylic acids is 2. The Morgan fingerprint density at radius 3 is 2.81 bits per heavy atom. The van der Waals surface area contributed by atoms with Crippen molar-refractivity contribution in [3.05, 3.63) is 89.0 Å². The van der Waals surface area contributed by atoms with Crippen molar-refractivity contribution in [3.63, 3.8) is 0 Å². The lowest BCUT2D eigenvalue weighted by Gasteiger charge is -2.33. The van der Waals surface area contributed by atoms with Crippen LogP contribution in [-0.2, 0) is 9.59 Å². The van der Waals surface area contributed by atoms with Crippen molar-refractivity contribution in [2.45, 2.75) is 25.3 Å². The number of furan rings is 1.